The zero-order chi connectivity index (χ0) is 11.5. The van der Waals surface area contributed by atoms with Gasteiger partial charge in [0.25, 0.3) is 0 Å². The Kier molecular flexibility index (Phi) is 3.27. The van der Waals surface area contributed by atoms with E-state index in [0.29, 0.717) is 6.04 Å². The third-order valence-corrected chi connectivity index (χ3v) is 3.89. The Labute approximate surface area is 103 Å². The molecule has 0 bridgehead atoms. The number of anilines is 1. The number of nitrogens with one attached hydrogen (secondary N) is 1. The van der Waals surface area contributed by atoms with Crippen molar-refractivity contribution in [3.63, 3.8) is 0 Å². The first-order valence-electron chi connectivity index (χ1n) is 6.85. The fourth-order valence-electron chi connectivity index (χ4n) is 2.93. The van der Waals surface area contributed by atoms with Gasteiger partial charge in [-0.25, -0.2) is 0 Å². The van der Waals surface area contributed by atoms with Gasteiger partial charge in [-0.15, -0.1) is 0 Å². The zero-order valence-electron chi connectivity index (χ0n) is 10.4. The molecule has 1 aromatic heterocycles. The van der Waals surface area contributed by atoms with Gasteiger partial charge in [0.1, 0.15) is 0 Å². The van der Waals surface area contributed by atoms with Gasteiger partial charge in [0.05, 0.1) is 0 Å². The zero-order valence-corrected chi connectivity index (χ0v) is 10.4. The molecular weight excluding hydrogens is 210 g/mol. The van der Waals surface area contributed by atoms with Gasteiger partial charge in [-0.05, 0) is 44.4 Å². The van der Waals surface area contributed by atoms with Crippen LogP contribution in [0.4, 0.5) is 5.69 Å². The summed E-state index contributed by atoms with van der Waals surface area (Å²) >= 11 is 0. The van der Waals surface area contributed by atoms with Crippen LogP contribution in [0, 0.1) is 0 Å². The SMILES string of the molecule is c1cc(N2CCCC2)cc(C[C@@H]2CCCN2)n1. The van der Waals surface area contributed by atoms with Crippen LogP contribution in [0.1, 0.15) is 31.4 Å². The Morgan fingerprint density at radius 3 is 2.94 bits per heavy atom. The van der Waals surface area contributed by atoms with Gasteiger partial charge in [0, 0.05) is 43.1 Å². The molecule has 0 aromatic carbocycles. The van der Waals surface area contributed by atoms with Crippen molar-refractivity contribution in [1.29, 1.82) is 0 Å². The van der Waals surface area contributed by atoms with Crippen LogP contribution in [0.15, 0.2) is 18.3 Å². The molecule has 1 atom stereocenters. The van der Waals surface area contributed by atoms with Crippen LogP contribution in [0.3, 0.4) is 0 Å². The highest BCUT2D eigenvalue weighted by Crippen LogP contribution is 2.21. The summed E-state index contributed by atoms with van der Waals surface area (Å²) in [6, 6.07) is 5.08. The average molecular weight is 231 g/mol. The van der Waals surface area contributed by atoms with Crippen LogP contribution in [0.2, 0.25) is 0 Å². The molecule has 2 aliphatic heterocycles. The van der Waals surface area contributed by atoms with E-state index < -0.39 is 0 Å². The lowest BCUT2D eigenvalue weighted by molar-refractivity contribution is 0.595. The lowest BCUT2D eigenvalue weighted by Crippen LogP contribution is -2.24. The molecule has 0 radical (unpaired) electrons. The van der Waals surface area contributed by atoms with E-state index in [4.69, 9.17) is 0 Å². The number of hydrogen-bond donors (Lipinski definition) is 1. The maximum absolute atomic E-state index is 4.51. The summed E-state index contributed by atoms with van der Waals surface area (Å²) in [5.74, 6) is 0. The maximum atomic E-state index is 4.51. The van der Waals surface area contributed by atoms with Crippen molar-refractivity contribution in [3.8, 4) is 0 Å². The third kappa shape index (κ3) is 2.60. The topological polar surface area (TPSA) is 28.2 Å². The molecule has 92 valence electrons. The van der Waals surface area contributed by atoms with Crippen molar-refractivity contribution < 1.29 is 0 Å². The molecule has 0 aliphatic carbocycles. The largest absolute Gasteiger partial charge is 0.371 e. The van der Waals surface area contributed by atoms with E-state index >= 15 is 0 Å². The molecule has 2 saturated heterocycles. The summed E-state index contributed by atoms with van der Waals surface area (Å²) < 4.78 is 0. The van der Waals surface area contributed by atoms with Crippen LogP contribution in [-0.2, 0) is 6.42 Å². The molecular formula is C14H21N3. The molecule has 0 unspecified atom stereocenters. The smallest absolute Gasteiger partial charge is 0.0439 e. The van der Waals surface area contributed by atoms with Crippen molar-refractivity contribution in [3.05, 3.63) is 24.0 Å². The van der Waals surface area contributed by atoms with E-state index in [9.17, 15) is 0 Å². The number of pyridine rings is 1. The molecule has 3 heteroatoms. The highest BCUT2D eigenvalue weighted by Gasteiger charge is 2.16. The summed E-state index contributed by atoms with van der Waals surface area (Å²) in [5, 5.41) is 3.54. The number of nitrogens with zero attached hydrogens (tertiary/aromatic N) is 2. The Bertz CT molecular complexity index is 365. The summed E-state index contributed by atoms with van der Waals surface area (Å²) in [6.45, 7) is 3.60. The van der Waals surface area contributed by atoms with Gasteiger partial charge in [-0.2, -0.15) is 0 Å². The van der Waals surface area contributed by atoms with Crippen LogP contribution < -0.4 is 10.2 Å². The van der Waals surface area contributed by atoms with Crippen molar-refractivity contribution in [2.75, 3.05) is 24.5 Å². The molecule has 3 rings (SSSR count). The van der Waals surface area contributed by atoms with Crippen LogP contribution >= 0.6 is 0 Å². The van der Waals surface area contributed by atoms with E-state index in [2.05, 4.69) is 27.3 Å². The lowest BCUT2D eigenvalue weighted by Gasteiger charge is -2.18. The third-order valence-electron chi connectivity index (χ3n) is 3.89. The van der Waals surface area contributed by atoms with Crippen LogP contribution in [0.25, 0.3) is 0 Å². The van der Waals surface area contributed by atoms with Gasteiger partial charge in [0.15, 0.2) is 0 Å². The Balaban J connectivity index is 1.69. The van der Waals surface area contributed by atoms with Gasteiger partial charge in [-0.1, -0.05) is 0 Å². The highest BCUT2D eigenvalue weighted by atomic mass is 15.1. The monoisotopic (exact) mass is 231 g/mol. The number of aromatic nitrogens is 1. The summed E-state index contributed by atoms with van der Waals surface area (Å²) in [4.78, 5) is 6.99. The molecule has 1 N–H and O–H groups in total. The van der Waals surface area contributed by atoms with Crippen molar-refractivity contribution in [2.24, 2.45) is 0 Å². The van der Waals surface area contributed by atoms with E-state index in [-0.39, 0.29) is 0 Å². The van der Waals surface area contributed by atoms with E-state index in [1.54, 1.807) is 0 Å². The molecule has 2 fully saturated rings. The average Bonchev–Trinajstić information content (AvgIpc) is 3.01. The molecule has 0 saturated carbocycles. The second-order valence-corrected chi connectivity index (χ2v) is 5.20. The van der Waals surface area contributed by atoms with Gasteiger partial charge in [-0.3, -0.25) is 4.98 Å². The number of rotatable bonds is 3. The molecule has 0 amide bonds. The molecule has 0 spiro atoms. The second-order valence-electron chi connectivity index (χ2n) is 5.20. The fraction of sp³-hybridized carbons (Fsp3) is 0.643. The van der Waals surface area contributed by atoms with Gasteiger partial charge >= 0.3 is 0 Å². The van der Waals surface area contributed by atoms with Gasteiger partial charge in [0.2, 0.25) is 0 Å². The van der Waals surface area contributed by atoms with E-state index in [1.807, 2.05) is 6.20 Å². The van der Waals surface area contributed by atoms with Crippen molar-refractivity contribution in [2.45, 2.75) is 38.1 Å². The molecule has 17 heavy (non-hydrogen) atoms. The van der Waals surface area contributed by atoms with Crippen molar-refractivity contribution >= 4 is 5.69 Å². The van der Waals surface area contributed by atoms with E-state index in [1.165, 1.54) is 56.7 Å². The first kappa shape index (κ1) is 11.0. The maximum Gasteiger partial charge on any atom is 0.0439 e. The molecule has 2 aliphatic rings. The molecule has 1 aromatic rings. The minimum atomic E-state index is 0.649. The van der Waals surface area contributed by atoms with Gasteiger partial charge < -0.3 is 10.2 Å². The molecule has 3 nitrogen and oxygen atoms in total. The lowest BCUT2D eigenvalue weighted by atomic mass is 10.1. The Morgan fingerprint density at radius 1 is 1.29 bits per heavy atom. The quantitative estimate of drug-likeness (QED) is 0.862. The first-order chi connectivity index (χ1) is 8.42. The summed E-state index contributed by atoms with van der Waals surface area (Å²) in [6.07, 6.45) is 8.34. The minimum Gasteiger partial charge on any atom is -0.371 e. The van der Waals surface area contributed by atoms with Crippen molar-refractivity contribution in [1.82, 2.24) is 10.3 Å². The first-order valence-corrected chi connectivity index (χ1v) is 6.85. The molecule has 3 heterocycles. The normalized spacial score (nSPS) is 24.5. The van der Waals surface area contributed by atoms with Crippen LogP contribution in [0.5, 0.6) is 0 Å². The second kappa shape index (κ2) is 5.05. The Morgan fingerprint density at radius 2 is 2.18 bits per heavy atom. The highest BCUT2D eigenvalue weighted by molar-refractivity contribution is 5.47. The Hall–Kier alpha value is -1.09. The predicted octanol–water partition coefficient (Wildman–Crippen LogP) is 1.98. The van der Waals surface area contributed by atoms with Crippen LogP contribution in [-0.4, -0.2) is 30.7 Å². The standard InChI is InChI=1S/C14H21N3/c1-2-9-17(8-1)14-5-7-16-13(11-14)10-12-4-3-6-15-12/h5,7,11-12,15H,1-4,6,8-10H2/t12-/m0/s1. The minimum absolute atomic E-state index is 0.649. The van der Waals surface area contributed by atoms with E-state index in [0.717, 1.165) is 6.42 Å². The predicted molar refractivity (Wildman–Crippen MR) is 70.4 cm³/mol. The summed E-state index contributed by atoms with van der Waals surface area (Å²) in [5.41, 5.74) is 2.61. The summed E-state index contributed by atoms with van der Waals surface area (Å²) in [7, 11) is 0. The fourth-order valence-corrected chi connectivity index (χ4v) is 2.93. The number of hydrogen-bond acceptors (Lipinski definition) is 3.